The minimum atomic E-state index is -0.294. The molecule has 0 aromatic heterocycles. The normalized spacial score (nSPS) is 10.3. The summed E-state index contributed by atoms with van der Waals surface area (Å²) in [4.78, 5) is 23.6. The highest BCUT2D eigenvalue weighted by atomic mass is 16.5. The van der Waals surface area contributed by atoms with Crippen molar-refractivity contribution in [2.24, 2.45) is 0 Å². The number of aryl methyl sites for hydroxylation is 3. The largest absolute Gasteiger partial charge is 0.466 e. The third kappa shape index (κ3) is 4.51. The first-order valence-electron chi connectivity index (χ1n) is 6.72. The van der Waals surface area contributed by atoms with Crippen molar-refractivity contribution in [1.29, 1.82) is 0 Å². The van der Waals surface area contributed by atoms with Gasteiger partial charge in [0.05, 0.1) is 13.0 Å². The molecule has 1 rings (SSSR count). The van der Waals surface area contributed by atoms with Crippen LogP contribution in [0.1, 0.15) is 53.2 Å². The summed E-state index contributed by atoms with van der Waals surface area (Å²) in [6.07, 6.45) is 1.18. The highest BCUT2D eigenvalue weighted by Gasteiger charge is 2.14. The first-order valence-corrected chi connectivity index (χ1v) is 6.72. The van der Waals surface area contributed by atoms with Crippen LogP contribution in [-0.2, 0) is 9.53 Å². The van der Waals surface area contributed by atoms with Gasteiger partial charge in [-0.2, -0.15) is 0 Å². The fourth-order valence-corrected chi connectivity index (χ4v) is 2.25. The molecule has 0 amide bonds. The molecule has 0 aliphatic rings. The highest BCUT2D eigenvalue weighted by molar-refractivity contribution is 6.00. The maximum Gasteiger partial charge on any atom is 0.306 e. The number of rotatable bonds is 6. The minimum absolute atomic E-state index is 0.0171. The molecule has 104 valence electrons. The lowest BCUT2D eigenvalue weighted by Crippen LogP contribution is -2.10. The van der Waals surface area contributed by atoms with Gasteiger partial charge in [-0.25, -0.2) is 0 Å². The zero-order valence-corrected chi connectivity index (χ0v) is 12.2. The predicted molar refractivity (Wildman–Crippen MR) is 75.5 cm³/mol. The van der Waals surface area contributed by atoms with Crippen LogP contribution in [0, 0.1) is 20.8 Å². The molecule has 0 saturated carbocycles. The number of Topliss-reactive ketones (excluding diaryl/α,β-unsaturated/α-hetero) is 1. The first-order chi connectivity index (χ1) is 8.95. The van der Waals surface area contributed by atoms with E-state index in [1.165, 1.54) is 0 Å². The Morgan fingerprint density at radius 2 is 1.63 bits per heavy atom. The summed E-state index contributed by atoms with van der Waals surface area (Å²) < 4.78 is 4.97. The molecule has 3 heteroatoms. The number of carbonyl (C=O) groups is 2. The van der Waals surface area contributed by atoms with Crippen molar-refractivity contribution in [2.75, 3.05) is 6.61 Å². The van der Waals surface area contributed by atoms with E-state index in [1.807, 2.05) is 39.8 Å². The zero-order chi connectivity index (χ0) is 14.4. The molecule has 0 aliphatic heterocycles. The van der Waals surface area contributed by atoms with E-state index in [4.69, 9.17) is 4.74 Å². The van der Waals surface area contributed by atoms with E-state index in [-0.39, 0.29) is 24.6 Å². The minimum Gasteiger partial charge on any atom is -0.466 e. The summed E-state index contributed by atoms with van der Waals surface area (Å²) in [6, 6.07) is 3.99. The smallest absolute Gasteiger partial charge is 0.306 e. The van der Waals surface area contributed by atoms with Crippen molar-refractivity contribution in [3.63, 3.8) is 0 Å². The molecule has 0 saturated heterocycles. The van der Waals surface area contributed by atoms with Crippen molar-refractivity contribution in [3.05, 3.63) is 34.4 Å². The molecule has 0 aliphatic carbocycles. The molecule has 0 heterocycles. The topological polar surface area (TPSA) is 43.4 Å². The molecule has 0 fully saturated rings. The van der Waals surface area contributed by atoms with Gasteiger partial charge in [-0.05, 0) is 38.3 Å². The summed E-state index contributed by atoms with van der Waals surface area (Å²) in [5, 5.41) is 0. The lowest BCUT2D eigenvalue weighted by atomic mass is 9.94. The van der Waals surface area contributed by atoms with Gasteiger partial charge in [-0.3, -0.25) is 9.59 Å². The monoisotopic (exact) mass is 262 g/mol. The molecule has 0 radical (unpaired) electrons. The Bertz CT molecular complexity index is 452. The summed E-state index contributed by atoms with van der Waals surface area (Å²) in [5.41, 5.74) is 3.84. The lowest BCUT2D eigenvalue weighted by molar-refractivity contribution is -0.143. The van der Waals surface area contributed by atoms with Gasteiger partial charge in [0.2, 0.25) is 0 Å². The summed E-state index contributed by atoms with van der Waals surface area (Å²) in [5.74, 6) is -0.277. The van der Waals surface area contributed by atoms with Gasteiger partial charge in [0.25, 0.3) is 0 Å². The van der Waals surface area contributed by atoms with Crippen LogP contribution >= 0.6 is 0 Å². The zero-order valence-electron chi connectivity index (χ0n) is 12.2. The quantitative estimate of drug-likeness (QED) is 0.582. The molecule has 0 spiro atoms. The van der Waals surface area contributed by atoms with Gasteiger partial charge in [-0.15, -0.1) is 0 Å². The number of esters is 1. The van der Waals surface area contributed by atoms with Crippen LogP contribution in [0.15, 0.2) is 12.1 Å². The molecule has 19 heavy (non-hydrogen) atoms. The van der Waals surface area contributed by atoms with E-state index in [0.29, 0.717) is 6.61 Å². The number of carbonyl (C=O) groups excluding carboxylic acids is 2. The summed E-state index contributed by atoms with van der Waals surface area (Å²) in [7, 11) is 0. The number of ether oxygens (including phenoxy) is 1. The van der Waals surface area contributed by atoms with Crippen LogP contribution in [-0.4, -0.2) is 18.4 Å². The van der Waals surface area contributed by atoms with E-state index in [1.54, 1.807) is 0 Å². The van der Waals surface area contributed by atoms with E-state index in [9.17, 15) is 9.59 Å². The van der Waals surface area contributed by atoms with Gasteiger partial charge < -0.3 is 4.74 Å². The summed E-state index contributed by atoms with van der Waals surface area (Å²) in [6.45, 7) is 8.24. The second-order valence-corrected chi connectivity index (χ2v) is 4.92. The maximum absolute atomic E-state index is 12.2. The SMILES string of the molecule is CCCOC(=O)CCC(=O)c1c(C)cc(C)cc1C. The van der Waals surface area contributed by atoms with Gasteiger partial charge in [0.15, 0.2) is 5.78 Å². The van der Waals surface area contributed by atoms with Crippen LogP contribution in [0.5, 0.6) is 0 Å². The Balaban J connectivity index is 2.67. The Hall–Kier alpha value is -1.64. The van der Waals surface area contributed by atoms with Crippen molar-refractivity contribution in [2.45, 2.75) is 47.0 Å². The molecule has 0 N–H and O–H groups in total. The van der Waals surface area contributed by atoms with Crippen LogP contribution in [0.4, 0.5) is 0 Å². The van der Waals surface area contributed by atoms with Gasteiger partial charge >= 0.3 is 5.97 Å². The first kappa shape index (κ1) is 15.4. The van der Waals surface area contributed by atoms with Gasteiger partial charge in [0.1, 0.15) is 0 Å². The molecule has 0 bridgehead atoms. The number of ketones is 1. The molecule has 0 atom stereocenters. The average Bonchev–Trinajstić information content (AvgIpc) is 2.32. The van der Waals surface area contributed by atoms with Crippen molar-refractivity contribution < 1.29 is 14.3 Å². The highest BCUT2D eigenvalue weighted by Crippen LogP contribution is 2.18. The van der Waals surface area contributed by atoms with Crippen molar-refractivity contribution >= 4 is 11.8 Å². The van der Waals surface area contributed by atoms with Gasteiger partial charge in [0, 0.05) is 12.0 Å². The Kier molecular flexibility index (Phi) is 5.74. The Labute approximate surface area is 115 Å². The predicted octanol–water partition coefficient (Wildman–Crippen LogP) is 3.53. The van der Waals surface area contributed by atoms with Crippen molar-refractivity contribution in [3.8, 4) is 0 Å². The Morgan fingerprint density at radius 1 is 1.05 bits per heavy atom. The molecule has 1 aromatic rings. The number of hydrogen-bond acceptors (Lipinski definition) is 3. The van der Waals surface area contributed by atoms with E-state index in [2.05, 4.69) is 0 Å². The number of hydrogen-bond donors (Lipinski definition) is 0. The van der Waals surface area contributed by atoms with Crippen molar-refractivity contribution in [1.82, 2.24) is 0 Å². The van der Waals surface area contributed by atoms with Gasteiger partial charge in [-0.1, -0.05) is 24.6 Å². The molecule has 3 nitrogen and oxygen atoms in total. The summed E-state index contributed by atoms with van der Waals surface area (Å²) >= 11 is 0. The third-order valence-electron chi connectivity index (χ3n) is 2.98. The van der Waals surface area contributed by atoms with Crippen LogP contribution < -0.4 is 0 Å². The third-order valence-corrected chi connectivity index (χ3v) is 2.98. The fourth-order valence-electron chi connectivity index (χ4n) is 2.25. The maximum atomic E-state index is 12.2. The van der Waals surface area contributed by atoms with E-state index in [0.717, 1.165) is 28.7 Å². The van der Waals surface area contributed by atoms with Crippen LogP contribution in [0.25, 0.3) is 0 Å². The standard InChI is InChI=1S/C16H22O3/c1-5-8-19-15(18)7-6-14(17)16-12(3)9-11(2)10-13(16)4/h9-10H,5-8H2,1-4H3. The van der Waals surface area contributed by atoms with E-state index < -0.39 is 0 Å². The molecular weight excluding hydrogens is 240 g/mol. The van der Waals surface area contributed by atoms with Crippen LogP contribution in [0.3, 0.4) is 0 Å². The molecular formula is C16H22O3. The Morgan fingerprint density at radius 3 is 2.16 bits per heavy atom. The second kappa shape index (κ2) is 7.07. The van der Waals surface area contributed by atoms with Crippen LogP contribution in [0.2, 0.25) is 0 Å². The van der Waals surface area contributed by atoms with E-state index >= 15 is 0 Å². The average molecular weight is 262 g/mol. The molecule has 1 aromatic carbocycles. The number of benzene rings is 1. The lowest BCUT2D eigenvalue weighted by Gasteiger charge is -2.10. The fraction of sp³-hybridized carbons (Fsp3) is 0.500. The molecule has 0 unspecified atom stereocenters. The second-order valence-electron chi connectivity index (χ2n) is 4.92.